The standard InChI is InChI=1S/C15H14F2O3/c1-19-11-7-4-8-12(20-2)14(11)15(18)13-9(16)5-3-6-10(13)17/h3-8,15,18H,1-2H3. The van der Waals surface area contributed by atoms with E-state index in [0.717, 1.165) is 12.1 Å². The van der Waals surface area contributed by atoms with Crippen molar-refractivity contribution in [3.8, 4) is 11.5 Å². The summed E-state index contributed by atoms with van der Waals surface area (Å²) < 4.78 is 37.8. The van der Waals surface area contributed by atoms with Crippen LogP contribution in [0.4, 0.5) is 8.78 Å². The fourth-order valence-corrected chi connectivity index (χ4v) is 2.07. The summed E-state index contributed by atoms with van der Waals surface area (Å²) >= 11 is 0. The quantitative estimate of drug-likeness (QED) is 0.935. The van der Waals surface area contributed by atoms with Gasteiger partial charge >= 0.3 is 0 Å². The maximum absolute atomic E-state index is 13.8. The van der Waals surface area contributed by atoms with Crippen molar-refractivity contribution in [2.45, 2.75) is 6.10 Å². The number of rotatable bonds is 4. The summed E-state index contributed by atoms with van der Waals surface area (Å²) in [6.45, 7) is 0. The summed E-state index contributed by atoms with van der Waals surface area (Å²) in [5.74, 6) is -1.07. The molecule has 0 spiro atoms. The third-order valence-corrected chi connectivity index (χ3v) is 3.01. The fourth-order valence-electron chi connectivity index (χ4n) is 2.07. The summed E-state index contributed by atoms with van der Waals surface area (Å²) in [6, 6.07) is 8.23. The molecule has 0 amide bonds. The van der Waals surface area contributed by atoms with Crippen LogP contribution < -0.4 is 9.47 Å². The van der Waals surface area contributed by atoms with Crippen LogP contribution in [0.2, 0.25) is 0 Å². The van der Waals surface area contributed by atoms with Crippen LogP contribution in [-0.4, -0.2) is 19.3 Å². The van der Waals surface area contributed by atoms with Gasteiger partial charge in [0.15, 0.2) is 0 Å². The summed E-state index contributed by atoms with van der Waals surface area (Å²) in [7, 11) is 2.81. The number of aliphatic hydroxyl groups is 1. The second-order valence-electron chi connectivity index (χ2n) is 4.11. The molecule has 106 valence electrons. The topological polar surface area (TPSA) is 38.7 Å². The molecule has 0 radical (unpaired) electrons. The SMILES string of the molecule is COc1cccc(OC)c1C(O)c1c(F)cccc1F. The number of hydrogen-bond acceptors (Lipinski definition) is 3. The van der Waals surface area contributed by atoms with Crippen molar-refractivity contribution in [1.82, 2.24) is 0 Å². The lowest BCUT2D eigenvalue weighted by Gasteiger charge is -2.19. The zero-order chi connectivity index (χ0) is 14.7. The average molecular weight is 280 g/mol. The molecule has 0 heterocycles. The first-order chi connectivity index (χ1) is 9.60. The molecule has 5 heteroatoms. The highest BCUT2D eigenvalue weighted by molar-refractivity contribution is 5.49. The smallest absolute Gasteiger partial charge is 0.132 e. The van der Waals surface area contributed by atoms with E-state index in [2.05, 4.69) is 0 Å². The summed E-state index contributed by atoms with van der Waals surface area (Å²) in [5, 5.41) is 10.3. The van der Waals surface area contributed by atoms with Gasteiger partial charge in [-0.25, -0.2) is 8.78 Å². The molecule has 2 rings (SSSR count). The van der Waals surface area contributed by atoms with E-state index in [1.165, 1.54) is 20.3 Å². The van der Waals surface area contributed by atoms with Crippen molar-refractivity contribution in [3.63, 3.8) is 0 Å². The first kappa shape index (κ1) is 14.3. The largest absolute Gasteiger partial charge is 0.496 e. The van der Waals surface area contributed by atoms with Gasteiger partial charge < -0.3 is 14.6 Å². The predicted octanol–water partition coefficient (Wildman–Crippen LogP) is 3.06. The van der Waals surface area contributed by atoms with Gasteiger partial charge in [0, 0.05) is 0 Å². The van der Waals surface area contributed by atoms with Crippen LogP contribution in [0.1, 0.15) is 17.2 Å². The van der Waals surface area contributed by atoms with Gasteiger partial charge in [0.2, 0.25) is 0 Å². The molecule has 0 saturated carbocycles. The number of benzene rings is 2. The Morgan fingerprint density at radius 3 is 1.75 bits per heavy atom. The Morgan fingerprint density at radius 1 is 0.850 bits per heavy atom. The van der Waals surface area contributed by atoms with E-state index in [-0.39, 0.29) is 5.56 Å². The zero-order valence-electron chi connectivity index (χ0n) is 11.1. The molecule has 3 nitrogen and oxygen atoms in total. The lowest BCUT2D eigenvalue weighted by molar-refractivity contribution is 0.198. The van der Waals surface area contributed by atoms with Gasteiger partial charge in [-0.05, 0) is 24.3 Å². The highest BCUT2D eigenvalue weighted by atomic mass is 19.1. The Balaban J connectivity index is 2.61. The summed E-state index contributed by atoms with van der Waals surface area (Å²) in [6.07, 6.45) is -1.53. The number of ether oxygens (including phenoxy) is 2. The molecular formula is C15H14F2O3. The Labute approximate surface area is 115 Å². The van der Waals surface area contributed by atoms with E-state index in [1.54, 1.807) is 18.2 Å². The molecule has 0 aliphatic carbocycles. The van der Waals surface area contributed by atoms with Crippen molar-refractivity contribution in [1.29, 1.82) is 0 Å². The Hall–Kier alpha value is -2.14. The normalized spacial score (nSPS) is 12.1. The van der Waals surface area contributed by atoms with Crippen LogP contribution in [0.3, 0.4) is 0 Å². The predicted molar refractivity (Wildman–Crippen MR) is 70.0 cm³/mol. The molecule has 0 bridgehead atoms. The molecule has 1 unspecified atom stereocenters. The Kier molecular flexibility index (Phi) is 4.20. The van der Waals surface area contributed by atoms with Crippen LogP contribution in [0.25, 0.3) is 0 Å². The summed E-state index contributed by atoms with van der Waals surface area (Å²) in [5.41, 5.74) is -0.253. The summed E-state index contributed by atoms with van der Waals surface area (Å²) in [4.78, 5) is 0. The molecule has 1 atom stereocenters. The number of hydrogen-bond donors (Lipinski definition) is 1. The Morgan fingerprint density at radius 2 is 1.30 bits per heavy atom. The Bertz CT molecular complexity index is 572. The molecular weight excluding hydrogens is 266 g/mol. The molecule has 0 fully saturated rings. The number of methoxy groups -OCH3 is 2. The van der Waals surface area contributed by atoms with E-state index >= 15 is 0 Å². The lowest BCUT2D eigenvalue weighted by atomic mass is 9.98. The van der Waals surface area contributed by atoms with Crippen LogP contribution in [0.15, 0.2) is 36.4 Å². The van der Waals surface area contributed by atoms with Gasteiger partial charge in [-0.3, -0.25) is 0 Å². The molecule has 0 aliphatic heterocycles. The van der Waals surface area contributed by atoms with Crippen LogP contribution in [-0.2, 0) is 0 Å². The van der Waals surface area contributed by atoms with E-state index in [0.29, 0.717) is 11.5 Å². The third kappa shape index (κ3) is 2.44. The minimum atomic E-state index is -1.53. The van der Waals surface area contributed by atoms with E-state index in [4.69, 9.17) is 9.47 Å². The van der Waals surface area contributed by atoms with Crippen LogP contribution in [0, 0.1) is 11.6 Å². The highest BCUT2D eigenvalue weighted by Gasteiger charge is 2.25. The van der Waals surface area contributed by atoms with Crippen molar-refractivity contribution < 1.29 is 23.4 Å². The van der Waals surface area contributed by atoms with Gasteiger partial charge in [0.05, 0.1) is 25.3 Å². The highest BCUT2D eigenvalue weighted by Crippen LogP contribution is 2.38. The van der Waals surface area contributed by atoms with E-state index in [9.17, 15) is 13.9 Å². The van der Waals surface area contributed by atoms with Crippen LogP contribution >= 0.6 is 0 Å². The maximum atomic E-state index is 13.8. The average Bonchev–Trinajstić information content (AvgIpc) is 2.45. The van der Waals surface area contributed by atoms with Crippen molar-refractivity contribution in [2.75, 3.05) is 14.2 Å². The van der Waals surface area contributed by atoms with Crippen molar-refractivity contribution in [2.24, 2.45) is 0 Å². The molecule has 2 aromatic rings. The van der Waals surface area contributed by atoms with Crippen molar-refractivity contribution in [3.05, 3.63) is 59.2 Å². The second kappa shape index (κ2) is 5.88. The minimum Gasteiger partial charge on any atom is -0.496 e. The van der Waals surface area contributed by atoms with E-state index in [1.807, 2.05) is 0 Å². The molecule has 0 aromatic heterocycles. The van der Waals surface area contributed by atoms with Gasteiger partial charge in [0.1, 0.15) is 29.2 Å². The molecule has 0 saturated heterocycles. The molecule has 20 heavy (non-hydrogen) atoms. The van der Waals surface area contributed by atoms with Crippen LogP contribution in [0.5, 0.6) is 11.5 Å². The van der Waals surface area contributed by atoms with Gasteiger partial charge in [-0.1, -0.05) is 12.1 Å². The van der Waals surface area contributed by atoms with Gasteiger partial charge in [0.25, 0.3) is 0 Å². The van der Waals surface area contributed by atoms with E-state index < -0.39 is 23.3 Å². The lowest BCUT2D eigenvalue weighted by Crippen LogP contribution is -2.09. The van der Waals surface area contributed by atoms with Gasteiger partial charge in [-0.2, -0.15) is 0 Å². The third-order valence-electron chi connectivity index (χ3n) is 3.01. The number of halogens is 2. The molecule has 2 aromatic carbocycles. The fraction of sp³-hybridized carbons (Fsp3) is 0.200. The zero-order valence-corrected chi connectivity index (χ0v) is 11.1. The molecule has 1 N–H and O–H groups in total. The second-order valence-corrected chi connectivity index (χ2v) is 4.11. The minimum absolute atomic E-state index is 0.182. The first-order valence-electron chi connectivity index (χ1n) is 5.93. The van der Waals surface area contributed by atoms with Crippen molar-refractivity contribution >= 4 is 0 Å². The number of aliphatic hydroxyl groups excluding tert-OH is 1. The molecule has 0 aliphatic rings. The maximum Gasteiger partial charge on any atom is 0.132 e. The van der Waals surface area contributed by atoms with Gasteiger partial charge in [-0.15, -0.1) is 0 Å². The first-order valence-corrected chi connectivity index (χ1v) is 5.93. The monoisotopic (exact) mass is 280 g/mol.